The summed E-state index contributed by atoms with van der Waals surface area (Å²) in [5.41, 5.74) is 1.45. The van der Waals surface area contributed by atoms with Gasteiger partial charge >= 0.3 is 0 Å². The normalized spacial score (nSPS) is 19.2. The monoisotopic (exact) mass is 373 g/mol. The second-order valence-corrected chi connectivity index (χ2v) is 4.87. The quantitative estimate of drug-likeness (QED) is 0.501. The average Bonchev–Trinajstić information content (AvgIpc) is 2.85. The highest BCUT2D eigenvalue weighted by Crippen LogP contribution is 2.20. The van der Waals surface area contributed by atoms with Crippen molar-refractivity contribution in [2.45, 2.75) is 19.8 Å². The standard InChI is InChI=1S/C15H23N3.HI/c1-3-17-15(16-2)18-10-9-14(12-18)11-13-7-5-4-6-8-13;/h4-8,14H,3,9-12H2,1-2H3,(H,16,17);1H. The van der Waals surface area contributed by atoms with Crippen molar-refractivity contribution in [1.29, 1.82) is 0 Å². The lowest BCUT2D eigenvalue weighted by Gasteiger charge is -2.21. The van der Waals surface area contributed by atoms with Crippen LogP contribution in [0.3, 0.4) is 0 Å². The van der Waals surface area contributed by atoms with Gasteiger partial charge in [0.1, 0.15) is 0 Å². The molecule has 0 aromatic heterocycles. The number of hydrogen-bond donors (Lipinski definition) is 1. The van der Waals surface area contributed by atoms with Crippen LogP contribution in [0.5, 0.6) is 0 Å². The highest BCUT2D eigenvalue weighted by molar-refractivity contribution is 14.0. The number of nitrogens with zero attached hydrogens (tertiary/aromatic N) is 2. The predicted molar refractivity (Wildman–Crippen MR) is 92.3 cm³/mol. The Balaban J connectivity index is 0.00000180. The van der Waals surface area contributed by atoms with Crippen LogP contribution in [0.25, 0.3) is 0 Å². The van der Waals surface area contributed by atoms with E-state index in [-0.39, 0.29) is 24.0 Å². The second-order valence-electron chi connectivity index (χ2n) is 4.87. The minimum Gasteiger partial charge on any atom is -0.357 e. The molecule has 1 unspecified atom stereocenters. The van der Waals surface area contributed by atoms with Gasteiger partial charge in [0.05, 0.1) is 0 Å². The summed E-state index contributed by atoms with van der Waals surface area (Å²) in [6.45, 7) is 5.29. The lowest BCUT2D eigenvalue weighted by molar-refractivity contribution is 0.461. The lowest BCUT2D eigenvalue weighted by atomic mass is 9.99. The molecule has 106 valence electrons. The fourth-order valence-electron chi connectivity index (χ4n) is 2.63. The van der Waals surface area contributed by atoms with Crippen LogP contribution >= 0.6 is 24.0 Å². The van der Waals surface area contributed by atoms with Crippen LogP contribution in [0.1, 0.15) is 18.9 Å². The number of guanidine groups is 1. The number of halogens is 1. The lowest BCUT2D eigenvalue weighted by Crippen LogP contribution is -2.39. The van der Waals surface area contributed by atoms with E-state index in [0.29, 0.717) is 0 Å². The molecule has 1 saturated heterocycles. The van der Waals surface area contributed by atoms with Crippen molar-refractivity contribution >= 4 is 29.9 Å². The number of aliphatic imine (C=N–C) groups is 1. The Hall–Kier alpha value is -0.780. The van der Waals surface area contributed by atoms with Crippen LogP contribution < -0.4 is 5.32 Å². The highest BCUT2D eigenvalue weighted by atomic mass is 127. The molecule has 0 amide bonds. The Kier molecular flexibility index (Phi) is 7.20. The van der Waals surface area contributed by atoms with E-state index in [9.17, 15) is 0 Å². The summed E-state index contributed by atoms with van der Waals surface area (Å²) in [4.78, 5) is 6.70. The SMILES string of the molecule is CCNC(=NC)N1CCC(Cc2ccccc2)C1.I. The summed E-state index contributed by atoms with van der Waals surface area (Å²) < 4.78 is 0. The number of rotatable bonds is 3. The first-order valence-corrected chi connectivity index (χ1v) is 6.83. The molecular weight excluding hydrogens is 349 g/mol. The molecule has 0 spiro atoms. The molecule has 1 aliphatic rings. The van der Waals surface area contributed by atoms with E-state index in [2.05, 4.69) is 52.5 Å². The third kappa shape index (κ3) is 4.67. The van der Waals surface area contributed by atoms with Gasteiger partial charge in [-0.2, -0.15) is 0 Å². The highest BCUT2D eigenvalue weighted by Gasteiger charge is 2.24. The molecule has 0 saturated carbocycles. The Bertz CT molecular complexity index is 392. The summed E-state index contributed by atoms with van der Waals surface area (Å²) in [5.74, 6) is 1.80. The summed E-state index contributed by atoms with van der Waals surface area (Å²) in [6, 6.07) is 10.8. The van der Waals surface area contributed by atoms with E-state index < -0.39 is 0 Å². The van der Waals surface area contributed by atoms with Crippen LogP contribution in [0.15, 0.2) is 35.3 Å². The minimum atomic E-state index is 0. The fraction of sp³-hybridized carbons (Fsp3) is 0.533. The zero-order valence-corrected chi connectivity index (χ0v) is 14.1. The Morgan fingerprint density at radius 3 is 2.74 bits per heavy atom. The van der Waals surface area contributed by atoms with Gasteiger partial charge < -0.3 is 10.2 Å². The average molecular weight is 373 g/mol. The van der Waals surface area contributed by atoms with Gasteiger partial charge in [0.25, 0.3) is 0 Å². The molecule has 0 bridgehead atoms. The van der Waals surface area contributed by atoms with Gasteiger partial charge in [0.2, 0.25) is 0 Å². The third-order valence-electron chi connectivity index (χ3n) is 3.50. The third-order valence-corrected chi connectivity index (χ3v) is 3.50. The first-order valence-electron chi connectivity index (χ1n) is 6.83. The molecule has 2 rings (SSSR count). The summed E-state index contributed by atoms with van der Waals surface area (Å²) in [7, 11) is 1.86. The minimum absolute atomic E-state index is 0. The van der Waals surface area contributed by atoms with E-state index in [1.54, 1.807) is 0 Å². The van der Waals surface area contributed by atoms with Crippen molar-refractivity contribution in [2.75, 3.05) is 26.7 Å². The van der Waals surface area contributed by atoms with Crippen LogP contribution in [0.4, 0.5) is 0 Å². The molecule has 1 aliphatic heterocycles. The number of likely N-dealkylation sites (tertiary alicyclic amines) is 1. The maximum absolute atomic E-state index is 4.33. The molecule has 19 heavy (non-hydrogen) atoms. The maximum atomic E-state index is 4.33. The molecule has 1 heterocycles. The van der Waals surface area contributed by atoms with Gasteiger partial charge in [-0.15, -0.1) is 24.0 Å². The summed E-state index contributed by atoms with van der Waals surface area (Å²) in [6.07, 6.45) is 2.44. The first kappa shape index (κ1) is 16.3. The number of nitrogens with one attached hydrogen (secondary N) is 1. The van der Waals surface area contributed by atoms with Crippen molar-refractivity contribution in [3.63, 3.8) is 0 Å². The van der Waals surface area contributed by atoms with Crippen molar-refractivity contribution in [2.24, 2.45) is 10.9 Å². The van der Waals surface area contributed by atoms with E-state index in [0.717, 1.165) is 31.5 Å². The smallest absolute Gasteiger partial charge is 0.193 e. The van der Waals surface area contributed by atoms with E-state index >= 15 is 0 Å². The largest absolute Gasteiger partial charge is 0.357 e. The fourth-order valence-corrected chi connectivity index (χ4v) is 2.63. The van der Waals surface area contributed by atoms with Gasteiger partial charge in [-0.05, 0) is 31.2 Å². The van der Waals surface area contributed by atoms with Gasteiger partial charge in [-0.3, -0.25) is 4.99 Å². The predicted octanol–water partition coefficient (Wildman–Crippen LogP) is 2.76. The molecule has 3 nitrogen and oxygen atoms in total. The number of benzene rings is 1. The van der Waals surface area contributed by atoms with Gasteiger partial charge in [0.15, 0.2) is 5.96 Å². The molecule has 1 N–H and O–H groups in total. The van der Waals surface area contributed by atoms with E-state index in [1.165, 1.54) is 18.4 Å². The van der Waals surface area contributed by atoms with Gasteiger partial charge in [-0.25, -0.2) is 0 Å². The van der Waals surface area contributed by atoms with E-state index in [4.69, 9.17) is 0 Å². The molecule has 0 aliphatic carbocycles. The topological polar surface area (TPSA) is 27.6 Å². The van der Waals surface area contributed by atoms with Crippen molar-refractivity contribution in [3.8, 4) is 0 Å². The summed E-state index contributed by atoms with van der Waals surface area (Å²) in [5, 5.41) is 3.33. The second kappa shape index (κ2) is 8.40. The molecule has 4 heteroatoms. The Labute approximate surface area is 133 Å². The molecule has 1 aromatic carbocycles. The van der Waals surface area contributed by atoms with Gasteiger partial charge in [-0.1, -0.05) is 30.3 Å². The molecule has 1 aromatic rings. The number of hydrogen-bond acceptors (Lipinski definition) is 1. The summed E-state index contributed by atoms with van der Waals surface area (Å²) >= 11 is 0. The molecule has 1 fully saturated rings. The van der Waals surface area contributed by atoms with Crippen LogP contribution in [-0.4, -0.2) is 37.5 Å². The van der Waals surface area contributed by atoms with Crippen LogP contribution in [0.2, 0.25) is 0 Å². The first-order chi connectivity index (χ1) is 8.83. The Morgan fingerprint density at radius 1 is 1.37 bits per heavy atom. The molecular formula is C15H24IN3. The zero-order valence-electron chi connectivity index (χ0n) is 11.8. The molecule has 1 atom stereocenters. The maximum Gasteiger partial charge on any atom is 0.193 e. The van der Waals surface area contributed by atoms with Crippen molar-refractivity contribution in [1.82, 2.24) is 10.2 Å². The van der Waals surface area contributed by atoms with Crippen molar-refractivity contribution in [3.05, 3.63) is 35.9 Å². The van der Waals surface area contributed by atoms with Crippen LogP contribution in [0, 0.1) is 5.92 Å². The molecule has 0 radical (unpaired) electrons. The Morgan fingerprint density at radius 2 is 2.11 bits per heavy atom. The van der Waals surface area contributed by atoms with Gasteiger partial charge in [0, 0.05) is 26.7 Å². The zero-order chi connectivity index (χ0) is 12.8. The van der Waals surface area contributed by atoms with E-state index in [1.807, 2.05) is 7.05 Å². The van der Waals surface area contributed by atoms with Crippen LogP contribution in [-0.2, 0) is 6.42 Å². The van der Waals surface area contributed by atoms with Crippen molar-refractivity contribution < 1.29 is 0 Å².